The highest BCUT2D eigenvalue weighted by atomic mass is 32.1. The van der Waals surface area contributed by atoms with E-state index in [2.05, 4.69) is 63.2 Å². The van der Waals surface area contributed by atoms with Crippen LogP contribution in [0.3, 0.4) is 0 Å². The average Bonchev–Trinajstić information content (AvgIpc) is 2.91. The van der Waals surface area contributed by atoms with Crippen molar-refractivity contribution in [3.05, 3.63) is 64.5 Å². The quantitative estimate of drug-likeness (QED) is 0.558. The molecule has 0 spiro atoms. The lowest BCUT2D eigenvalue weighted by atomic mass is 9.89. The molecule has 2 aromatic carbocycles. The number of phenolic OH excluding ortho intramolecular Hbond substituents is 1. The normalized spacial score (nSPS) is 12.0. The highest BCUT2D eigenvalue weighted by Gasteiger charge is 2.11. The van der Waals surface area contributed by atoms with Gasteiger partial charge in [-0.15, -0.1) is 11.3 Å². The van der Waals surface area contributed by atoms with E-state index in [0.717, 1.165) is 18.4 Å². The third-order valence-electron chi connectivity index (χ3n) is 4.38. The standard InChI is InChI=1S/C22H26OS/c1-22(2,3)12-6-7-16-10-11-17(20(23)13-16)14-19-15-18-8-4-5-9-21(18)24-19/h4-5,8-11,13,15,23H,6-7,12,14H2,1-3H3. The van der Waals surface area contributed by atoms with Gasteiger partial charge in [-0.05, 0) is 59.4 Å². The Morgan fingerprint density at radius 1 is 1.00 bits per heavy atom. The average molecular weight is 339 g/mol. The molecule has 0 unspecified atom stereocenters. The van der Waals surface area contributed by atoms with Crippen LogP contribution in [0.15, 0.2) is 48.5 Å². The topological polar surface area (TPSA) is 20.2 Å². The van der Waals surface area contributed by atoms with E-state index in [9.17, 15) is 5.11 Å². The second kappa shape index (κ2) is 6.98. The number of hydrogen-bond acceptors (Lipinski definition) is 2. The van der Waals surface area contributed by atoms with E-state index in [1.54, 1.807) is 0 Å². The Labute approximate surface area is 149 Å². The van der Waals surface area contributed by atoms with Gasteiger partial charge in [-0.2, -0.15) is 0 Å². The number of aromatic hydroxyl groups is 1. The monoisotopic (exact) mass is 338 g/mol. The van der Waals surface area contributed by atoms with E-state index < -0.39 is 0 Å². The predicted octanol–water partition coefficient (Wildman–Crippen LogP) is 6.57. The summed E-state index contributed by atoms with van der Waals surface area (Å²) in [6.07, 6.45) is 4.21. The molecule has 1 N–H and O–H groups in total. The van der Waals surface area contributed by atoms with E-state index >= 15 is 0 Å². The van der Waals surface area contributed by atoms with Crippen LogP contribution < -0.4 is 0 Å². The largest absolute Gasteiger partial charge is 0.508 e. The fourth-order valence-corrected chi connectivity index (χ4v) is 4.14. The van der Waals surface area contributed by atoms with E-state index in [4.69, 9.17) is 0 Å². The summed E-state index contributed by atoms with van der Waals surface area (Å²) in [6, 6.07) is 16.9. The smallest absolute Gasteiger partial charge is 0.119 e. The summed E-state index contributed by atoms with van der Waals surface area (Å²) in [5.74, 6) is 0.431. The van der Waals surface area contributed by atoms with Crippen LogP contribution in [0, 0.1) is 5.41 Å². The second-order valence-electron chi connectivity index (χ2n) is 7.80. The van der Waals surface area contributed by atoms with Gasteiger partial charge in [0.05, 0.1) is 0 Å². The van der Waals surface area contributed by atoms with Crippen LogP contribution in [0.25, 0.3) is 10.1 Å². The zero-order valence-corrected chi connectivity index (χ0v) is 15.6. The van der Waals surface area contributed by atoms with Gasteiger partial charge in [0, 0.05) is 16.0 Å². The van der Waals surface area contributed by atoms with Crippen molar-refractivity contribution in [3.63, 3.8) is 0 Å². The van der Waals surface area contributed by atoms with E-state index in [-0.39, 0.29) is 0 Å². The van der Waals surface area contributed by atoms with Gasteiger partial charge in [-0.1, -0.05) is 51.1 Å². The van der Waals surface area contributed by atoms with Gasteiger partial charge in [0.25, 0.3) is 0 Å². The molecular formula is C22H26OS. The number of aryl methyl sites for hydroxylation is 1. The summed E-state index contributed by atoms with van der Waals surface area (Å²) >= 11 is 1.81. The summed E-state index contributed by atoms with van der Waals surface area (Å²) in [5, 5.41) is 11.7. The van der Waals surface area contributed by atoms with Crippen LogP contribution in [-0.2, 0) is 12.8 Å². The lowest BCUT2D eigenvalue weighted by Crippen LogP contribution is -2.05. The molecule has 3 aromatic rings. The minimum atomic E-state index is 0.378. The molecule has 0 aliphatic rings. The summed E-state index contributed by atoms with van der Waals surface area (Å²) in [4.78, 5) is 1.30. The first kappa shape index (κ1) is 17.0. The summed E-state index contributed by atoms with van der Waals surface area (Å²) in [6.45, 7) is 6.83. The van der Waals surface area contributed by atoms with Crippen molar-refractivity contribution in [2.24, 2.45) is 5.41 Å². The molecule has 3 rings (SSSR count). The molecule has 0 atom stereocenters. The molecule has 24 heavy (non-hydrogen) atoms. The third-order valence-corrected chi connectivity index (χ3v) is 5.50. The van der Waals surface area contributed by atoms with Crippen molar-refractivity contribution in [2.45, 2.75) is 46.5 Å². The molecule has 0 aliphatic heterocycles. The lowest BCUT2D eigenvalue weighted by molar-refractivity contribution is 0.365. The molecule has 126 valence electrons. The maximum absolute atomic E-state index is 10.4. The molecule has 1 nitrogen and oxygen atoms in total. The third kappa shape index (κ3) is 4.39. The number of hydrogen-bond donors (Lipinski definition) is 1. The number of thiophene rings is 1. The molecule has 0 saturated heterocycles. The zero-order valence-electron chi connectivity index (χ0n) is 14.8. The lowest BCUT2D eigenvalue weighted by Gasteiger charge is -2.17. The first-order chi connectivity index (χ1) is 11.4. The van der Waals surface area contributed by atoms with Crippen LogP contribution in [0.1, 0.15) is 49.6 Å². The second-order valence-corrected chi connectivity index (χ2v) is 8.97. The van der Waals surface area contributed by atoms with Gasteiger partial charge in [0.15, 0.2) is 0 Å². The number of phenols is 1. The van der Waals surface area contributed by atoms with Crippen LogP contribution in [-0.4, -0.2) is 5.11 Å². The Morgan fingerprint density at radius 3 is 2.50 bits per heavy atom. The highest BCUT2D eigenvalue weighted by Crippen LogP contribution is 2.30. The van der Waals surface area contributed by atoms with E-state index in [0.29, 0.717) is 11.2 Å². The number of rotatable bonds is 5. The van der Waals surface area contributed by atoms with Crippen LogP contribution in [0.2, 0.25) is 0 Å². The van der Waals surface area contributed by atoms with Gasteiger partial charge in [0.1, 0.15) is 5.75 Å². The minimum absolute atomic E-state index is 0.378. The zero-order chi connectivity index (χ0) is 17.2. The summed E-state index contributed by atoms with van der Waals surface area (Å²) < 4.78 is 1.31. The Kier molecular flexibility index (Phi) is 4.96. The van der Waals surface area contributed by atoms with Crippen molar-refractivity contribution in [1.29, 1.82) is 0 Å². The molecule has 1 heterocycles. The Bertz CT molecular complexity index is 790. The van der Waals surface area contributed by atoms with E-state index in [1.165, 1.54) is 33.4 Å². The van der Waals surface area contributed by atoms with Crippen LogP contribution >= 0.6 is 11.3 Å². The Hall–Kier alpha value is -1.80. The maximum atomic E-state index is 10.4. The van der Waals surface area contributed by atoms with Crippen molar-refractivity contribution < 1.29 is 5.11 Å². The predicted molar refractivity (Wildman–Crippen MR) is 105 cm³/mol. The first-order valence-corrected chi connectivity index (χ1v) is 9.51. The molecule has 0 fully saturated rings. The molecular weight excluding hydrogens is 312 g/mol. The summed E-state index contributed by atoms with van der Waals surface area (Å²) in [5.41, 5.74) is 2.63. The maximum Gasteiger partial charge on any atom is 0.119 e. The van der Waals surface area contributed by atoms with Crippen molar-refractivity contribution >= 4 is 21.4 Å². The van der Waals surface area contributed by atoms with Gasteiger partial charge in [-0.25, -0.2) is 0 Å². The first-order valence-electron chi connectivity index (χ1n) is 8.69. The van der Waals surface area contributed by atoms with Crippen LogP contribution in [0.5, 0.6) is 5.75 Å². The molecule has 0 amide bonds. The molecule has 0 radical (unpaired) electrons. The molecule has 1 aromatic heterocycles. The van der Waals surface area contributed by atoms with Crippen molar-refractivity contribution in [1.82, 2.24) is 0 Å². The van der Waals surface area contributed by atoms with Gasteiger partial charge in [-0.3, -0.25) is 0 Å². The van der Waals surface area contributed by atoms with Crippen LogP contribution in [0.4, 0.5) is 0 Å². The highest BCUT2D eigenvalue weighted by molar-refractivity contribution is 7.19. The number of fused-ring (bicyclic) bond motifs is 1. The molecule has 0 saturated carbocycles. The molecule has 2 heteroatoms. The Balaban J connectivity index is 1.68. The fraction of sp³-hybridized carbons (Fsp3) is 0.364. The number of benzene rings is 2. The van der Waals surface area contributed by atoms with E-state index in [1.807, 2.05) is 17.4 Å². The SMILES string of the molecule is CC(C)(C)CCCc1ccc(Cc2cc3ccccc3s2)c(O)c1. The van der Waals surface area contributed by atoms with Gasteiger partial charge in [0.2, 0.25) is 0 Å². The summed E-state index contributed by atoms with van der Waals surface area (Å²) in [7, 11) is 0. The Morgan fingerprint density at radius 2 is 1.79 bits per heavy atom. The van der Waals surface area contributed by atoms with Gasteiger partial charge >= 0.3 is 0 Å². The molecule has 0 bridgehead atoms. The minimum Gasteiger partial charge on any atom is -0.508 e. The fourth-order valence-electron chi connectivity index (χ4n) is 3.05. The van der Waals surface area contributed by atoms with Crippen molar-refractivity contribution in [2.75, 3.05) is 0 Å². The molecule has 0 aliphatic carbocycles. The van der Waals surface area contributed by atoms with Crippen molar-refractivity contribution in [3.8, 4) is 5.75 Å². The van der Waals surface area contributed by atoms with Gasteiger partial charge < -0.3 is 5.11 Å².